The number of hydrogen-bond acceptors (Lipinski definition) is 3. The van der Waals surface area contributed by atoms with Crippen LogP contribution in [0.15, 0.2) is 61.2 Å². The molecular weight excluding hydrogens is 310 g/mol. The minimum absolute atomic E-state index is 0.292. The summed E-state index contributed by atoms with van der Waals surface area (Å²) in [7, 11) is 0. The first kappa shape index (κ1) is 16.0. The topological polar surface area (TPSA) is 50.9 Å². The highest BCUT2D eigenvalue weighted by Gasteiger charge is 2.24. The number of aliphatic hydroxyl groups excluding tert-OH is 1. The zero-order valence-electron chi connectivity index (χ0n) is 14.3. The second kappa shape index (κ2) is 7.19. The van der Waals surface area contributed by atoms with Crippen molar-refractivity contribution in [2.24, 2.45) is 5.92 Å². The lowest BCUT2D eigenvalue weighted by molar-refractivity contribution is 0.163. The third-order valence-electron chi connectivity index (χ3n) is 5.21. The zero-order valence-corrected chi connectivity index (χ0v) is 14.3. The normalized spacial score (nSPS) is 20.5. The third kappa shape index (κ3) is 3.35. The highest BCUT2D eigenvalue weighted by atomic mass is 16.3. The van der Waals surface area contributed by atoms with Gasteiger partial charge in [0.05, 0.1) is 0 Å². The van der Waals surface area contributed by atoms with E-state index in [1.807, 2.05) is 18.5 Å². The highest BCUT2D eigenvalue weighted by molar-refractivity contribution is 5.67. The van der Waals surface area contributed by atoms with Crippen molar-refractivity contribution < 1.29 is 5.11 Å². The maximum Gasteiger partial charge on any atom is 0.140 e. The Kier molecular flexibility index (Phi) is 4.61. The first-order valence-corrected chi connectivity index (χ1v) is 8.99. The molecule has 4 heteroatoms. The fourth-order valence-electron chi connectivity index (χ4n) is 3.86. The van der Waals surface area contributed by atoms with E-state index >= 15 is 0 Å². The quantitative estimate of drug-likeness (QED) is 0.773. The molecule has 0 amide bonds. The van der Waals surface area contributed by atoms with E-state index < -0.39 is 0 Å². The fraction of sp³-hybridized carbons (Fsp3) is 0.333. The van der Waals surface area contributed by atoms with Gasteiger partial charge in [-0.15, -0.1) is 0 Å². The summed E-state index contributed by atoms with van der Waals surface area (Å²) in [5, 5.41) is 9.50. The molecule has 0 unspecified atom stereocenters. The summed E-state index contributed by atoms with van der Waals surface area (Å²) in [5.41, 5.74) is 3.41. The Hall–Kier alpha value is -2.46. The monoisotopic (exact) mass is 333 g/mol. The van der Waals surface area contributed by atoms with E-state index in [9.17, 15) is 5.11 Å². The van der Waals surface area contributed by atoms with Gasteiger partial charge in [0.2, 0.25) is 0 Å². The number of pyridine rings is 1. The SMILES string of the molecule is OC[C@@H]1CCC[C@@H](n2ccnc2-c2ccc(-c3cccnc3)cc2)C1. The molecule has 0 saturated heterocycles. The number of imidazole rings is 1. The lowest BCUT2D eigenvalue weighted by Gasteiger charge is -2.30. The van der Waals surface area contributed by atoms with Gasteiger partial charge in [-0.2, -0.15) is 0 Å². The minimum atomic E-state index is 0.292. The largest absolute Gasteiger partial charge is 0.396 e. The summed E-state index contributed by atoms with van der Waals surface area (Å²) < 4.78 is 2.29. The second-order valence-electron chi connectivity index (χ2n) is 6.85. The van der Waals surface area contributed by atoms with Gasteiger partial charge in [0, 0.05) is 43.0 Å². The van der Waals surface area contributed by atoms with Crippen LogP contribution in [-0.4, -0.2) is 26.2 Å². The lowest BCUT2D eigenvalue weighted by Crippen LogP contribution is -2.21. The zero-order chi connectivity index (χ0) is 17.1. The van der Waals surface area contributed by atoms with Crippen LogP contribution in [0.1, 0.15) is 31.7 Å². The summed E-state index contributed by atoms with van der Waals surface area (Å²) in [6, 6.07) is 13.0. The molecule has 1 aliphatic carbocycles. The van der Waals surface area contributed by atoms with Crippen LogP contribution in [0.2, 0.25) is 0 Å². The molecule has 1 aromatic carbocycles. The van der Waals surface area contributed by atoms with Gasteiger partial charge < -0.3 is 9.67 Å². The molecule has 1 aliphatic rings. The number of benzene rings is 1. The Morgan fingerprint density at radius 3 is 2.60 bits per heavy atom. The van der Waals surface area contributed by atoms with Gasteiger partial charge in [-0.05, 0) is 42.4 Å². The van der Waals surface area contributed by atoms with E-state index in [-0.39, 0.29) is 0 Å². The van der Waals surface area contributed by atoms with Crippen molar-refractivity contribution >= 4 is 0 Å². The van der Waals surface area contributed by atoms with E-state index in [1.165, 1.54) is 6.42 Å². The molecule has 1 N–H and O–H groups in total. The molecule has 25 heavy (non-hydrogen) atoms. The van der Waals surface area contributed by atoms with Crippen molar-refractivity contribution in [1.29, 1.82) is 0 Å². The molecule has 4 rings (SSSR count). The predicted octanol–water partition coefficient (Wildman–Crippen LogP) is 4.34. The van der Waals surface area contributed by atoms with Crippen LogP contribution in [-0.2, 0) is 0 Å². The number of aromatic nitrogens is 3. The number of rotatable bonds is 4. The molecular formula is C21H23N3O. The van der Waals surface area contributed by atoms with Gasteiger partial charge in [-0.25, -0.2) is 4.98 Å². The molecule has 0 spiro atoms. The van der Waals surface area contributed by atoms with Gasteiger partial charge in [0.15, 0.2) is 0 Å². The van der Waals surface area contributed by atoms with Gasteiger partial charge >= 0.3 is 0 Å². The molecule has 2 aromatic heterocycles. The third-order valence-corrected chi connectivity index (χ3v) is 5.21. The van der Waals surface area contributed by atoms with Crippen LogP contribution in [0.5, 0.6) is 0 Å². The van der Waals surface area contributed by atoms with Crippen molar-refractivity contribution in [1.82, 2.24) is 14.5 Å². The summed E-state index contributed by atoms with van der Waals surface area (Å²) in [4.78, 5) is 8.79. The Morgan fingerprint density at radius 1 is 1.00 bits per heavy atom. The summed E-state index contributed by atoms with van der Waals surface area (Å²) in [6.45, 7) is 0.292. The predicted molar refractivity (Wildman–Crippen MR) is 99.0 cm³/mol. The number of nitrogens with zero attached hydrogens (tertiary/aromatic N) is 3. The highest BCUT2D eigenvalue weighted by Crippen LogP contribution is 2.35. The summed E-state index contributed by atoms with van der Waals surface area (Å²) in [6.07, 6.45) is 12.1. The Labute approximate surface area is 148 Å². The summed E-state index contributed by atoms with van der Waals surface area (Å²) >= 11 is 0. The molecule has 2 heterocycles. The average molecular weight is 333 g/mol. The van der Waals surface area contributed by atoms with Crippen LogP contribution in [0.3, 0.4) is 0 Å². The van der Waals surface area contributed by atoms with E-state index in [0.29, 0.717) is 18.6 Å². The molecule has 1 fully saturated rings. The fourth-order valence-corrected chi connectivity index (χ4v) is 3.86. The molecule has 0 radical (unpaired) electrons. The number of aliphatic hydroxyl groups is 1. The smallest absolute Gasteiger partial charge is 0.140 e. The Bertz CT molecular complexity index is 811. The van der Waals surface area contributed by atoms with Crippen molar-refractivity contribution in [2.75, 3.05) is 6.61 Å². The maximum atomic E-state index is 9.50. The van der Waals surface area contributed by atoms with E-state index in [1.54, 1.807) is 6.20 Å². The molecule has 0 aliphatic heterocycles. The van der Waals surface area contributed by atoms with Gasteiger partial charge in [0.25, 0.3) is 0 Å². The standard InChI is InChI=1S/C21H23N3O/c25-15-16-3-1-5-20(13-16)24-12-11-23-21(24)18-8-6-17(7-9-18)19-4-2-10-22-14-19/h2,4,6-12,14,16,20,25H,1,3,5,13,15H2/t16-,20-/m1/s1. The maximum absolute atomic E-state index is 9.50. The van der Waals surface area contributed by atoms with E-state index in [4.69, 9.17) is 0 Å². The molecule has 1 saturated carbocycles. The Balaban J connectivity index is 1.60. The molecule has 0 bridgehead atoms. The molecule has 3 aromatic rings. The number of hydrogen-bond donors (Lipinski definition) is 1. The van der Waals surface area contributed by atoms with Crippen molar-refractivity contribution in [3.8, 4) is 22.5 Å². The van der Waals surface area contributed by atoms with Gasteiger partial charge in [0.1, 0.15) is 5.82 Å². The van der Waals surface area contributed by atoms with E-state index in [0.717, 1.165) is 41.8 Å². The van der Waals surface area contributed by atoms with Gasteiger partial charge in [-0.3, -0.25) is 4.98 Å². The van der Waals surface area contributed by atoms with Gasteiger partial charge in [-0.1, -0.05) is 36.8 Å². The first-order valence-electron chi connectivity index (χ1n) is 8.99. The summed E-state index contributed by atoms with van der Waals surface area (Å²) in [5.74, 6) is 1.43. The second-order valence-corrected chi connectivity index (χ2v) is 6.85. The van der Waals surface area contributed by atoms with E-state index in [2.05, 4.69) is 51.1 Å². The van der Waals surface area contributed by atoms with Crippen molar-refractivity contribution in [3.63, 3.8) is 0 Å². The molecule has 4 nitrogen and oxygen atoms in total. The van der Waals surface area contributed by atoms with Crippen molar-refractivity contribution in [3.05, 3.63) is 61.2 Å². The minimum Gasteiger partial charge on any atom is -0.396 e. The first-order chi connectivity index (χ1) is 12.3. The van der Waals surface area contributed by atoms with Crippen LogP contribution in [0.4, 0.5) is 0 Å². The Morgan fingerprint density at radius 2 is 1.84 bits per heavy atom. The van der Waals surface area contributed by atoms with Crippen LogP contribution >= 0.6 is 0 Å². The molecule has 128 valence electrons. The lowest BCUT2D eigenvalue weighted by atomic mass is 9.86. The average Bonchev–Trinajstić information content (AvgIpc) is 3.19. The molecule has 2 atom stereocenters. The van der Waals surface area contributed by atoms with Crippen LogP contribution in [0, 0.1) is 5.92 Å². The van der Waals surface area contributed by atoms with Crippen LogP contribution < -0.4 is 0 Å². The van der Waals surface area contributed by atoms with Crippen LogP contribution in [0.25, 0.3) is 22.5 Å². The van der Waals surface area contributed by atoms with Crippen molar-refractivity contribution in [2.45, 2.75) is 31.7 Å².